The number of carbonyl (C=O) groups is 2. The third-order valence-corrected chi connectivity index (χ3v) is 2.99. The molecule has 0 fully saturated rings. The van der Waals surface area contributed by atoms with Crippen molar-refractivity contribution in [3.05, 3.63) is 41.5 Å². The third kappa shape index (κ3) is 4.23. The number of amides is 1. The van der Waals surface area contributed by atoms with Crippen molar-refractivity contribution >= 4 is 17.6 Å². The number of rotatable bonds is 5. The van der Waals surface area contributed by atoms with Crippen molar-refractivity contribution in [2.45, 2.75) is 39.5 Å². The maximum atomic E-state index is 11.8. The van der Waals surface area contributed by atoms with Gasteiger partial charge in [0.25, 0.3) is 0 Å². The number of anilines is 1. The highest BCUT2D eigenvalue weighted by Gasteiger charge is 2.14. The number of hydrogen-bond acceptors (Lipinski definition) is 3. The molecule has 1 rings (SSSR count). The first-order valence-corrected chi connectivity index (χ1v) is 6.65. The zero-order chi connectivity index (χ0) is 15.3. The predicted octanol–water partition coefficient (Wildman–Crippen LogP) is 2.18. The van der Waals surface area contributed by atoms with Crippen LogP contribution in [0.1, 0.15) is 50.7 Å². The van der Waals surface area contributed by atoms with Crippen LogP contribution in [0.3, 0.4) is 0 Å². The summed E-state index contributed by atoms with van der Waals surface area (Å²) in [5.41, 5.74) is 2.84. The Labute approximate surface area is 119 Å². The lowest BCUT2D eigenvalue weighted by Crippen LogP contribution is -2.20. The Bertz CT molecular complexity index is 504. The van der Waals surface area contributed by atoms with E-state index in [-0.39, 0.29) is 11.8 Å². The number of carboxylic acid groups (broad SMARTS) is 1. The molecule has 0 atom stereocenters. The van der Waals surface area contributed by atoms with Crippen LogP contribution in [-0.2, 0) is 9.59 Å². The van der Waals surface area contributed by atoms with Gasteiger partial charge in [0.2, 0.25) is 5.91 Å². The lowest BCUT2D eigenvalue weighted by Gasteiger charge is -2.19. The fraction of sp³-hybridized carbons (Fsp3) is 0.375. The second-order valence-electron chi connectivity index (χ2n) is 5.26. The van der Waals surface area contributed by atoms with Gasteiger partial charge in [0, 0.05) is 11.8 Å². The van der Waals surface area contributed by atoms with E-state index >= 15 is 0 Å². The Morgan fingerprint density at radius 3 is 1.95 bits per heavy atom. The highest BCUT2D eigenvalue weighted by molar-refractivity contribution is 6.03. The zero-order valence-corrected chi connectivity index (χ0v) is 12.3. The summed E-state index contributed by atoms with van der Waals surface area (Å²) >= 11 is 0. The fourth-order valence-electron chi connectivity index (χ4n) is 2.00. The summed E-state index contributed by atoms with van der Waals surface area (Å²) in [5, 5.41) is 13.1. The standard InChI is InChI=1S/C16H21NO3/c1-10(2)12-6-5-7-13(11(3)4)16(12)17-14(18)8-9-15(19)20/h5-11H,1-4H3,(H,17,18)(H,19,20)/p-1/b9-8+. The first-order chi connectivity index (χ1) is 9.32. The molecule has 1 aromatic carbocycles. The van der Waals surface area contributed by atoms with Gasteiger partial charge in [0.15, 0.2) is 0 Å². The summed E-state index contributed by atoms with van der Waals surface area (Å²) in [4.78, 5) is 22.1. The monoisotopic (exact) mass is 274 g/mol. The molecule has 0 aromatic heterocycles. The molecule has 108 valence electrons. The first kappa shape index (κ1) is 16.0. The van der Waals surface area contributed by atoms with Crippen LogP contribution < -0.4 is 10.4 Å². The molecule has 0 saturated carbocycles. The van der Waals surface area contributed by atoms with E-state index in [4.69, 9.17) is 0 Å². The summed E-state index contributed by atoms with van der Waals surface area (Å²) in [5.74, 6) is -1.34. The van der Waals surface area contributed by atoms with Gasteiger partial charge in [0.1, 0.15) is 0 Å². The van der Waals surface area contributed by atoms with Gasteiger partial charge in [-0.25, -0.2) is 0 Å². The minimum atomic E-state index is -1.39. The smallest absolute Gasteiger partial charge is 0.248 e. The van der Waals surface area contributed by atoms with Crippen LogP contribution in [0, 0.1) is 0 Å². The first-order valence-electron chi connectivity index (χ1n) is 6.65. The minimum Gasteiger partial charge on any atom is -0.545 e. The van der Waals surface area contributed by atoms with Gasteiger partial charge in [-0.2, -0.15) is 0 Å². The Balaban J connectivity index is 3.14. The van der Waals surface area contributed by atoms with E-state index in [0.717, 1.165) is 29.0 Å². The number of para-hydroxylation sites is 1. The molecule has 1 aromatic rings. The lowest BCUT2D eigenvalue weighted by molar-refractivity contribution is -0.297. The number of carbonyl (C=O) groups excluding carboxylic acids is 2. The van der Waals surface area contributed by atoms with E-state index < -0.39 is 11.9 Å². The Kier molecular flexibility index (Phi) is 5.50. The summed E-state index contributed by atoms with van der Waals surface area (Å²) in [6.45, 7) is 8.19. The van der Waals surface area contributed by atoms with Crippen molar-refractivity contribution < 1.29 is 14.7 Å². The van der Waals surface area contributed by atoms with Gasteiger partial charge in [-0.05, 0) is 29.0 Å². The Morgan fingerprint density at radius 2 is 1.55 bits per heavy atom. The van der Waals surface area contributed by atoms with Crippen LogP contribution >= 0.6 is 0 Å². The normalized spacial score (nSPS) is 11.3. The van der Waals surface area contributed by atoms with Gasteiger partial charge in [-0.1, -0.05) is 45.9 Å². The van der Waals surface area contributed by atoms with Crippen molar-refractivity contribution in [2.24, 2.45) is 0 Å². The highest BCUT2D eigenvalue weighted by atomic mass is 16.4. The molecule has 0 spiro atoms. The molecule has 0 aliphatic carbocycles. The van der Waals surface area contributed by atoms with E-state index in [1.54, 1.807) is 0 Å². The van der Waals surface area contributed by atoms with E-state index in [1.165, 1.54) is 0 Å². The highest BCUT2D eigenvalue weighted by Crippen LogP contribution is 2.32. The molecule has 0 aliphatic heterocycles. The summed E-state index contributed by atoms with van der Waals surface area (Å²) in [6.07, 6.45) is 1.69. The average molecular weight is 274 g/mol. The van der Waals surface area contributed by atoms with E-state index in [2.05, 4.69) is 5.32 Å². The largest absolute Gasteiger partial charge is 0.545 e. The Morgan fingerprint density at radius 1 is 1.05 bits per heavy atom. The molecule has 1 amide bonds. The number of benzene rings is 1. The number of nitrogens with one attached hydrogen (secondary N) is 1. The second kappa shape index (κ2) is 6.89. The molecule has 0 bridgehead atoms. The van der Waals surface area contributed by atoms with Crippen LogP contribution in [0.4, 0.5) is 5.69 Å². The minimum absolute atomic E-state index is 0.258. The van der Waals surface area contributed by atoms with Crippen LogP contribution in [0.5, 0.6) is 0 Å². The van der Waals surface area contributed by atoms with Crippen molar-refractivity contribution in [3.8, 4) is 0 Å². The molecular formula is C16H20NO3-. The van der Waals surface area contributed by atoms with Crippen molar-refractivity contribution in [1.29, 1.82) is 0 Å². The zero-order valence-electron chi connectivity index (χ0n) is 12.3. The van der Waals surface area contributed by atoms with E-state index in [9.17, 15) is 14.7 Å². The maximum Gasteiger partial charge on any atom is 0.248 e. The maximum absolute atomic E-state index is 11.8. The number of hydrogen-bond donors (Lipinski definition) is 1. The summed E-state index contributed by atoms with van der Waals surface area (Å²) < 4.78 is 0. The fourth-order valence-corrected chi connectivity index (χ4v) is 2.00. The molecule has 0 aliphatic rings. The molecule has 4 heteroatoms. The topological polar surface area (TPSA) is 69.2 Å². The quantitative estimate of drug-likeness (QED) is 0.837. The van der Waals surface area contributed by atoms with Crippen molar-refractivity contribution in [1.82, 2.24) is 0 Å². The van der Waals surface area contributed by atoms with Gasteiger partial charge >= 0.3 is 0 Å². The molecule has 4 nitrogen and oxygen atoms in total. The molecule has 0 unspecified atom stereocenters. The van der Waals surface area contributed by atoms with Gasteiger partial charge in [-0.3, -0.25) is 4.79 Å². The van der Waals surface area contributed by atoms with Crippen molar-refractivity contribution in [2.75, 3.05) is 5.32 Å². The van der Waals surface area contributed by atoms with Gasteiger partial charge in [-0.15, -0.1) is 0 Å². The molecule has 0 saturated heterocycles. The molecular weight excluding hydrogens is 254 g/mol. The molecule has 0 heterocycles. The van der Waals surface area contributed by atoms with Crippen LogP contribution in [0.25, 0.3) is 0 Å². The predicted molar refractivity (Wildman–Crippen MR) is 77.4 cm³/mol. The summed E-state index contributed by atoms with van der Waals surface area (Å²) in [7, 11) is 0. The van der Waals surface area contributed by atoms with E-state index in [1.807, 2.05) is 45.9 Å². The van der Waals surface area contributed by atoms with Crippen LogP contribution in [0.2, 0.25) is 0 Å². The van der Waals surface area contributed by atoms with Gasteiger partial charge in [0.05, 0.1) is 5.97 Å². The Hall–Kier alpha value is -2.10. The van der Waals surface area contributed by atoms with E-state index in [0.29, 0.717) is 0 Å². The molecule has 20 heavy (non-hydrogen) atoms. The number of aliphatic carboxylic acids is 1. The van der Waals surface area contributed by atoms with Crippen molar-refractivity contribution in [3.63, 3.8) is 0 Å². The average Bonchev–Trinajstić information content (AvgIpc) is 2.36. The SMILES string of the molecule is CC(C)c1cccc(C(C)C)c1NC(=O)/C=C/C(=O)[O-]. The molecule has 0 radical (unpaired) electrons. The van der Waals surface area contributed by atoms with Gasteiger partial charge < -0.3 is 15.2 Å². The van der Waals surface area contributed by atoms with Crippen LogP contribution in [-0.4, -0.2) is 11.9 Å². The third-order valence-electron chi connectivity index (χ3n) is 2.99. The van der Waals surface area contributed by atoms with Crippen LogP contribution in [0.15, 0.2) is 30.4 Å². The molecule has 1 N–H and O–H groups in total. The summed E-state index contributed by atoms with van der Waals surface area (Å²) in [6, 6.07) is 5.90. The second-order valence-corrected chi connectivity index (χ2v) is 5.26. The number of carboxylic acids is 1. The lowest BCUT2D eigenvalue weighted by atomic mass is 9.92.